The first-order valence-electron chi connectivity index (χ1n) is 7.39. The second-order valence-corrected chi connectivity index (χ2v) is 8.94. The zero-order valence-corrected chi connectivity index (χ0v) is 15.7. The van der Waals surface area contributed by atoms with Gasteiger partial charge in [-0.3, -0.25) is 4.79 Å². The molecule has 0 amide bonds. The first-order chi connectivity index (χ1) is 11.5. The van der Waals surface area contributed by atoms with E-state index in [9.17, 15) is 4.79 Å². The predicted molar refractivity (Wildman–Crippen MR) is 101 cm³/mol. The molecule has 0 aliphatic carbocycles. The van der Waals surface area contributed by atoms with Gasteiger partial charge in [0, 0.05) is 4.88 Å². The van der Waals surface area contributed by atoms with Crippen LogP contribution >= 0.6 is 34.4 Å². The van der Waals surface area contributed by atoms with Gasteiger partial charge in [-0.15, -0.1) is 22.7 Å². The Bertz CT molecular complexity index is 1110. The Balaban J connectivity index is 1.74. The van der Waals surface area contributed by atoms with Crippen LogP contribution in [0.5, 0.6) is 0 Å². The number of nitrogens with zero attached hydrogens (tertiary/aromatic N) is 3. The maximum absolute atomic E-state index is 12.4. The highest BCUT2D eigenvalue weighted by Gasteiger charge is 2.18. The van der Waals surface area contributed by atoms with E-state index in [0.717, 1.165) is 30.5 Å². The van der Waals surface area contributed by atoms with Crippen molar-refractivity contribution in [1.82, 2.24) is 19.9 Å². The van der Waals surface area contributed by atoms with Gasteiger partial charge in [0.1, 0.15) is 22.0 Å². The fourth-order valence-electron chi connectivity index (χ4n) is 2.54. The number of thioether (sulfide) groups is 1. The molecule has 1 atom stereocenters. The lowest BCUT2D eigenvalue weighted by Crippen LogP contribution is -2.12. The van der Waals surface area contributed by atoms with Crippen molar-refractivity contribution in [3.8, 4) is 0 Å². The molecule has 0 spiro atoms. The van der Waals surface area contributed by atoms with Crippen LogP contribution in [0.15, 0.2) is 27.6 Å². The number of aromatic amines is 1. The second-order valence-electron chi connectivity index (χ2n) is 5.49. The SMILES string of the molecule is Cc1sc2nc(C(C)Sc3ncnc4ccsc34)[nH]c(=O)c2c1C. The molecule has 4 rings (SSSR count). The molecule has 0 bridgehead atoms. The van der Waals surface area contributed by atoms with E-state index in [0.29, 0.717) is 11.2 Å². The summed E-state index contributed by atoms with van der Waals surface area (Å²) < 4.78 is 1.07. The van der Waals surface area contributed by atoms with E-state index in [1.807, 2.05) is 32.2 Å². The van der Waals surface area contributed by atoms with Crippen molar-refractivity contribution in [3.63, 3.8) is 0 Å². The molecule has 0 aliphatic rings. The first-order valence-corrected chi connectivity index (χ1v) is 9.97. The summed E-state index contributed by atoms with van der Waals surface area (Å²) in [7, 11) is 0. The highest BCUT2D eigenvalue weighted by atomic mass is 32.2. The Kier molecular flexibility index (Phi) is 3.90. The molecule has 0 saturated carbocycles. The summed E-state index contributed by atoms with van der Waals surface area (Å²) in [5.41, 5.74) is 1.91. The average molecular weight is 375 g/mol. The highest BCUT2D eigenvalue weighted by molar-refractivity contribution is 7.99. The van der Waals surface area contributed by atoms with Gasteiger partial charge in [0.2, 0.25) is 0 Å². The minimum Gasteiger partial charge on any atom is -0.309 e. The van der Waals surface area contributed by atoms with Crippen LogP contribution in [0.3, 0.4) is 0 Å². The highest BCUT2D eigenvalue weighted by Crippen LogP contribution is 2.37. The van der Waals surface area contributed by atoms with E-state index in [1.165, 1.54) is 0 Å². The number of hydrogen-bond donors (Lipinski definition) is 1. The number of aromatic nitrogens is 4. The predicted octanol–water partition coefficient (Wildman–Crippen LogP) is 4.46. The van der Waals surface area contributed by atoms with Gasteiger partial charge in [0.15, 0.2) is 0 Å². The lowest BCUT2D eigenvalue weighted by atomic mass is 10.2. The van der Waals surface area contributed by atoms with Crippen LogP contribution in [-0.4, -0.2) is 19.9 Å². The van der Waals surface area contributed by atoms with Crippen molar-refractivity contribution in [2.24, 2.45) is 0 Å². The largest absolute Gasteiger partial charge is 0.309 e. The van der Waals surface area contributed by atoms with Crippen LogP contribution in [-0.2, 0) is 0 Å². The monoisotopic (exact) mass is 374 g/mol. The second kappa shape index (κ2) is 5.94. The summed E-state index contributed by atoms with van der Waals surface area (Å²) in [5, 5.41) is 3.63. The zero-order chi connectivity index (χ0) is 16.8. The van der Waals surface area contributed by atoms with Crippen LogP contribution < -0.4 is 5.56 Å². The van der Waals surface area contributed by atoms with Crippen LogP contribution in [0.4, 0.5) is 0 Å². The number of fused-ring (bicyclic) bond motifs is 2. The van der Waals surface area contributed by atoms with Crippen molar-refractivity contribution in [3.05, 3.63) is 44.4 Å². The average Bonchev–Trinajstić information content (AvgIpc) is 3.13. The van der Waals surface area contributed by atoms with Crippen molar-refractivity contribution < 1.29 is 0 Å². The first kappa shape index (κ1) is 15.7. The molecule has 24 heavy (non-hydrogen) atoms. The quantitative estimate of drug-likeness (QED) is 0.423. The number of aryl methyl sites for hydroxylation is 2. The summed E-state index contributed by atoms with van der Waals surface area (Å²) in [6.07, 6.45) is 1.58. The molecule has 0 fully saturated rings. The maximum Gasteiger partial charge on any atom is 0.259 e. The van der Waals surface area contributed by atoms with E-state index in [2.05, 4.69) is 19.9 Å². The molecule has 0 saturated heterocycles. The summed E-state index contributed by atoms with van der Waals surface area (Å²) >= 11 is 4.79. The minimum atomic E-state index is -0.0618. The molecule has 5 nitrogen and oxygen atoms in total. The number of hydrogen-bond acceptors (Lipinski definition) is 7. The van der Waals surface area contributed by atoms with Crippen molar-refractivity contribution in [2.45, 2.75) is 31.0 Å². The summed E-state index contributed by atoms with van der Waals surface area (Å²) in [6.45, 7) is 6.02. The summed E-state index contributed by atoms with van der Waals surface area (Å²) in [4.78, 5) is 30.7. The molecular formula is C16H14N4OS3. The lowest BCUT2D eigenvalue weighted by Gasteiger charge is -2.10. The van der Waals surface area contributed by atoms with Gasteiger partial charge in [0.25, 0.3) is 5.56 Å². The third kappa shape index (κ3) is 2.54. The Labute approximate surface area is 150 Å². The van der Waals surface area contributed by atoms with Crippen LogP contribution in [0, 0.1) is 13.8 Å². The smallest absolute Gasteiger partial charge is 0.259 e. The van der Waals surface area contributed by atoms with E-state index in [4.69, 9.17) is 0 Å². The fourth-order valence-corrected chi connectivity index (χ4v) is 5.47. The van der Waals surface area contributed by atoms with E-state index < -0.39 is 0 Å². The molecule has 0 aromatic carbocycles. The maximum atomic E-state index is 12.4. The van der Waals surface area contributed by atoms with Crippen molar-refractivity contribution >= 4 is 54.9 Å². The number of H-pyrrole nitrogens is 1. The third-order valence-electron chi connectivity index (χ3n) is 3.94. The zero-order valence-electron chi connectivity index (χ0n) is 13.3. The molecular weight excluding hydrogens is 360 g/mol. The standard InChI is InChI=1S/C16H14N4OS3/c1-7-8(2)23-15-11(7)14(21)19-13(20-15)9(3)24-16-12-10(4-5-22-12)17-6-18-16/h4-6,9H,1-3H3,(H,19,20,21). The van der Waals surface area contributed by atoms with Crippen molar-refractivity contribution in [2.75, 3.05) is 0 Å². The Morgan fingerprint density at radius 2 is 2.12 bits per heavy atom. The number of rotatable bonds is 3. The van der Waals surface area contributed by atoms with Gasteiger partial charge in [0.05, 0.1) is 20.9 Å². The molecule has 1 unspecified atom stereocenters. The minimum absolute atomic E-state index is 0.00925. The van der Waals surface area contributed by atoms with Gasteiger partial charge >= 0.3 is 0 Å². The Hall–Kier alpha value is -1.77. The van der Waals surface area contributed by atoms with Gasteiger partial charge in [-0.2, -0.15) is 0 Å². The lowest BCUT2D eigenvalue weighted by molar-refractivity contribution is 0.921. The fraction of sp³-hybridized carbons (Fsp3) is 0.250. The van der Waals surface area contributed by atoms with Gasteiger partial charge in [-0.05, 0) is 37.8 Å². The summed E-state index contributed by atoms with van der Waals surface area (Å²) in [6, 6.07) is 1.99. The van der Waals surface area contributed by atoms with Gasteiger partial charge < -0.3 is 4.98 Å². The van der Waals surface area contributed by atoms with Gasteiger partial charge in [-0.25, -0.2) is 15.0 Å². The Morgan fingerprint density at radius 1 is 1.29 bits per heavy atom. The summed E-state index contributed by atoms with van der Waals surface area (Å²) in [5.74, 6) is 0.682. The normalized spacial score (nSPS) is 13.0. The molecule has 4 aromatic rings. The van der Waals surface area contributed by atoms with E-state index >= 15 is 0 Å². The number of thiophene rings is 2. The van der Waals surface area contributed by atoms with Gasteiger partial charge in [-0.1, -0.05) is 11.8 Å². The molecule has 4 aromatic heterocycles. The molecule has 122 valence electrons. The van der Waals surface area contributed by atoms with Crippen LogP contribution in [0.2, 0.25) is 0 Å². The van der Waals surface area contributed by atoms with E-state index in [-0.39, 0.29) is 10.8 Å². The van der Waals surface area contributed by atoms with Crippen LogP contribution in [0.25, 0.3) is 20.4 Å². The number of nitrogens with one attached hydrogen (secondary N) is 1. The molecule has 4 heterocycles. The van der Waals surface area contributed by atoms with Crippen molar-refractivity contribution in [1.29, 1.82) is 0 Å². The molecule has 0 aliphatic heterocycles. The molecule has 0 radical (unpaired) electrons. The third-order valence-corrected chi connectivity index (χ3v) is 7.19. The topological polar surface area (TPSA) is 71.5 Å². The molecule has 1 N–H and O–H groups in total. The van der Waals surface area contributed by atoms with Crippen LogP contribution in [0.1, 0.15) is 28.4 Å². The Morgan fingerprint density at radius 3 is 2.96 bits per heavy atom. The molecule has 8 heteroatoms. The van der Waals surface area contributed by atoms with E-state index in [1.54, 1.807) is 40.8 Å².